The molecule has 2 N–H and O–H groups in total. The lowest BCUT2D eigenvalue weighted by atomic mass is 9.94. The molecule has 0 bridgehead atoms. The van der Waals surface area contributed by atoms with Crippen LogP contribution in [0, 0.1) is 11.6 Å². The van der Waals surface area contributed by atoms with E-state index in [1.54, 1.807) is 12.1 Å². The average Bonchev–Trinajstić information content (AvgIpc) is 3.75. The van der Waals surface area contributed by atoms with Crippen molar-refractivity contribution < 1.29 is 41.8 Å². The highest BCUT2D eigenvalue weighted by atomic mass is 19.1. The molecule has 44 heavy (non-hydrogen) atoms. The van der Waals surface area contributed by atoms with Crippen molar-refractivity contribution in [1.29, 1.82) is 0 Å². The number of carbonyl (C=O) groups is 4. The Bertz CT molecular complexity index is 1890. The molecule has 0 unspecified atom stereocenters. The molecule has 7 rings (SSSR count). The molecule has 3 aromatic carbocycles. The molecule has 3 aliphatic rings. The van der Waals surface area contributed by atoms with Gasteiger partial charge in [0.15, 0.2) is 28.5 Å². The van der Waals surface area contributed by atoms with Crippen molar-refractivity contribution in [2.75, 3.05) is 20.4 Å². The van der Waals surface area contributed by atoms with E-state index in [-0.39, 0.29) is 53.3 Å². The number of rotatable bonds is 8. The molecular formula is C31H24F2N4O7. The third-order valence-electron chi connectivity index (χ3n) is 8.13. The number of urea groups is 1. The summed E-state index contributed by atoms with van der Waals surface area (Å²) in [6, 6.07) is 14.2. The highest BCUT2D eigenvalue weighted by Crippen LogP contribution is 2.39. The second kappa shape index (κ2) is 10.2. The van der Waals surface area contributed by atoms with Crippen LogP contribution in [0.1, 0.15) is 43.2 Å². The molecule has 3 aliphatic heterocycles. The van der Waals surface area contributed by atoms with E-state index < -0.39 is 54.2 Å². The van der Waals surface area contributed by atoms with E-state index in [9.17, 15) is 19.2 Å². The summed E-state index contributed by atoms with van der Waals surface area (Å²) in [5, 5.41) is 5.45. The Morgan fingerprint density at radius 1 is 0.977 bits per heavy atom. The van der Waals surface area contributed by atoms with Gasteiger partial charge in [0.1, 0.15) is 12.5 Å². The van der Waals surface area contributed by atoms with E-state index in [1.807, 2.05) is 30.3 Å². The number of nitrogens with zero attached hydrogens (tertiary/aromatic N) is 2. The zero-order chi connectivity index (χ0) is 30.7. The summed E-state index contributed by atoms with van der Waals surface area (Å²) >= 11 is 0. The van der Waals surface area contributed by atoms with Gasteiger partial charge in [-0.05, 0) is 34.9 Å². The number of methoxy groups -OCH3 is 1. The molecule has 0 radical (unpaired) electrons. The normalized spacial score (nSPS) is 19.1. The van der Waals surface area contributed by atoms with E-state index in [4.69, 9.17) is 13.9 Å². The Hall–Kier alpha value is -5.30. The van der Waals surface area contributed by atoms with Gasteiger partial charge in [-0.15, -0.1) is 0 Å². The minimum absolute atomic E-state index is 0.0758. The van der Waals surface area contributed by atoms with Crippen molar-refractivity contribution in [3.8, 4) is 5.75 Å². The van der Waals surface area contributed by atoms with Gasteiger partial charge in [0.2, 0.25) is 0 Å². The van der Waals surface area contributed by atoms with Crippen LogP contribution in [0.3, 0.4) is 0 Å². The number of ether oxygens (including phenoxy) is 2. The Morgan fingerprint density at radius 3 is 2.55 bits per heavy atom. The van der Waals surface area contributed by atoms with Crippen LogP contribution in [0.2, 0.25) is 0 Å². The maximum atomic E-state index is 15.5. The minimum Gasteiger partial charge on any atom is -0.494 e. The van der Waals surface area contributed by atoms with Crippen molar-refractivity contribution in [3.63, 3.8) is 0 Å². The van der Waals surface area contributed by atoms with Crippen molar-refractivity contribution in [1.82, 2.24) is 20.4 Å². The maximum absolute atomic E-state index is 15.5. The fourth-order valence-corrected chi connectivity index (χ4v) is 5.95. The van der Waals surface area contributed by atoms with Crippen molar-refractivity contribution >= 4 is 34.7 Å². The number of amides is 5. The third-order valence-corrected chi connectivity index (χ3v) is 8.13. The van der Waals surface area contributed by atoms with Crippen molar-refractivity contribution in [2.45, 2.75) is 25.2 Å². The summed E-state index contributed by atoms with van der Waals surface area (Å²) in [7, 11) is 1.28. The number of imide groups is 1. The minimum atomic E-state index is -2.02. The van der Waals surface area contributed by atoms with Gasteiger partial charge in [0.05, 0.1) is 31.4 Å². The second-order valence-corrected chi connectivity index (χ2v) is 10.7. The zero-order valence-electron chi connectivity index (χ0n) is 23.2. The van der Waals surface area contributed by atoms with E-state index in [1.165, 1.54) is 24.1 Å². The van der Waals surface area contributed by atoms with Crippen LogP contribution >= 0.6 is 0 Å². The fraction of sp³-hybridized carbons (Fsp3) is 0.226. The first kappa shape index (κ1) is 27.5. The highest BCUT2D eigenvalue weighted by molar-refractivity contribution is 6.09. The number of hydrogen-bond acceptors (Lipinski definition) is 7. The van der Waals surface area contributed by atoms with Crippen LogP contribution in [0.4, 0.5) is 13.6 Å². The number of benzene rings is 3. The molecule has 0 saturated carbocycles. The zero-order valence-corrected chi connectivity index (χ0v) is 23.2. The van der Waals surface area contributed by atoms with Crippen LogP contribution in [0.5, 0.6) is 5.75 Å². The topological polar surface area (TPSA) is 130 Å². The molecule has 1 fully saturated rings. The standard InChI is InChI=1S/C31H24F2N4O7/c1-42-20-8-7-17-12-36(28(39)23(17)24(20)32)14-31(21-10-18-9-19-11-34-27(38)22(19)25(33)26(18)44-21)29(40)37(30(41)35-31)15-43-13-16-5-3-2-4-6-16/h2-10H,11-15H2,1H3,(H,34,38)(H,35,41)/t31-/m0/s1. The molecule has 4 aromatic rings. The summed E-state index contributed by atoms with van der Waals surface area (Å²) in [5.74, 6) is -4.18. The first-order valence-corrected chi connectivity index (χ1v) is 13.7. The lowest BCUT2D eigenvalue weighted by Crippen LogP contribution is -2.52. The molecule has 0 aliphatic carbocycles. The smallest absolute Gasteiger partial charge is 0.327 e. The first-order valence-electron chi connectivity index (χ1n) is 13.7. The predicted octanol–water partition coefficient (Wildman–Crippen LogP) is 3.54. The summed E-state index contributed by atoms with van der Waals surface area (Å²) in [5.41, 5.74) is -1.10. The lowest BCUT2D eigenvalue weighted by molar-refractivity contribution is -0.136. The Balaban J connectivity index is 1.27. The molecule has 5 amide bonds. The number of hydrogen-bond donors (Lipinski definition) is 2. The van der Waals surface area contributed by atoms with Crippen LogP contribution in [-0.4, -0.2) is 53.9 Å². The van der Waals surface area contributed by atoms with E-state index in [0.717, 1.165) is 10.5 Å². The van der Waals surface area contributed by atoms with Gasteiger partial charge < -0.3 is 29.4 Å². The van der Waals surface area contributed by atoms with Gasteiger partial charge in [0, 0.05) is 18.5 Å². The number of furan rings is 1. The third kappa shape index (κ3) is 4.11. The SMILES string of the molecule is COc1ccc2c(c1F)C(=O)N(C[C@@]1(c3cc4cc5c(c(F)c4o3)C(=O)NC5)NC(=O)N(COCc3ccccc3)C1=O)C2. The largest absolute Gasteiger partial charge is 0.494 e. The predicted molar refractivity (Wildman–Crippen MR) is 148 cm³/mol. The maximum Gasteiger partial charge on any atom is 0.327 e. The fourth-order valence-electron chi connectivity index (χ4n) is 5.95. The van der Waals surface area contributed by atoms with Crippen LogP contribution in [0.25, 0.3) is 11.0 Å². The summed E-state index contributed by atoms with van der Waals surface area (Å²) in [6.07, 6.45) is 0. The highest BCUT2D eigenvalue weighted by Gasteiger charge is 2.57. The second-order valence-electron chi connectivity index (χ2n) is 10.7. The number of fused-ring (bicyclic) bond motifs is 3. The average molecular weight is 603 g/mol. The Labute approximate surface area is 248 Å². The van der Waals surface area contributed by atoms with Crippen molar-refractivity contribution in [2.24, 2.45) is 0 Å². The Morgan fingerprint density at radius 2 is 1.77 bits per heavy atom. The van der Waals surface area contributed by atoms with Crippen LogP contribution < -0.4 is 15.4 Å². The van der Waals surface area contributed by atoms with Gasteiger partial charge in [0.25, 0.3) is 17.7 Å². The van der Waals surface area contributed by atoms with E-state index >= 15 is 8.78 Å². The van der Waals surface area contributed by atoms with Gasteiger partial charge in [-0.25, -0.2) is 18.5 Å². The van der Waals surface area contributed by atoms with E-state index in [2.05, 4.69) is 10.6 Å². The molecule has 13 heteroatoms. The van der Waals surface area contributed by atoms with Gasteiger partial charge >= 0.3 is 6.03 Å². The molecule has 1 aromatic heterocycles. The number of halogens is 2. The summed E-state index contributed by atoms with van der Waals surface area (Å²) in [6.45, 7) is -0.749. The molecule has 4 heterocycles. The monoisotopic (exact) mass is 602 g/mol. The van der Waals surface area contributed by atoms with Crippen LogP contribution in [0.15, 0.2) is 59.0 Å². The molecule has 1 atom stereocenters. The molecular weight excluding hydrogens is 578 g/mol. The van der Waals surface area contributed by atoms with E-state index in [0.29, 0.717) is 11.1 Å². The quantitative estimate of drug-likeness (QED) is 0.295. The number of nitrogens with one attached hydrogen (secondary N) is 2. The van der Waals surface area contributed by atoms with Crippen molar-refractivity contribution in [3.05, 3.63) is 99.8 Å². The molecule has 0 spiro atoms. The summed E-state index contributed by atoms with van der Waals surface area (Å²) in [4.78, 5) is 55.2. The first-order chi connectivity index (χ1) is 21.2. The summed E-state index contributed by atoms with van der Waals surface area (Å²) < 4.78 is 47.2. The molecule has 224 valence electrons. The van der Waals surface area contributed by atoms with Gasteiger partial charge in [-0.2, -0.15) is 0 Å². The van der Waals surface area contributed by atoms with Crippen LogP contribution in [-0.2, 0) is 34.8 Å². The molecule has 1 saturated heterocycles. The lowest BCUT2D eigenvalue weighted by Gasteiger charge is -2.29. The molecule has 11 nitrogen and oxygen atoms in total. The van der Waals surface area contributed by atoms with Gasteiger partial charge in [-0.3, -0.25) is 14.4 Å². The van der Waals surface area contributed by atoms with Gasteiger partial charge in [-0.1, -0.05) is 36.4 Å². The number of carbonyl (C=O) groups excluding carboxylic acids is 4. The Kier molecular flexibility index (Phi) is 6.36.